The van der Waals surface area contributed by atoms with Crippen LogP contribution in [0, 0.1) is 0 Å². The summed E-state index contributed by atoms with van der Waals surface area (Å²) in [5.74, 6) is -3.86. The van der Waals surface area contributed by atoms with Gasteiger partial charge in [0.2, 0.25) is 11.8 Å². The number of anilines is 1. The molecule has 1 aromatic heterocycles. The number of hydrogen-bond donors (Lipinski definition) is 2. The number of ether oxygens (including phenoxy) is 1. The van der Waals surface area contributed by atoms with Gasteiger partial charge in [-0.3, -0.25) is 10.1 Å². The van der Waals surface area contributed by atoms with Crippen molar-refractivity contribution in [2.24, 2.45) is 0 Å². The van der Waals surface area contributed by atoms with Crippen molar-refractivity contribution in [1.82, 2.24) is 10.3 Å². The largest absolute Gasteiger partial charge is 0.468 e. The molecule has 1 aliphatic rings. The van der Waals surface area contributed by atoms with Gasteiger partial charge < -0.3 is 10.1 Å². The first-order valence-corrected chi connectivity index (χ1v) is 6.22. The summed E-state index contributed by atoms with van der Waals surface area (Å²) in [4.78, 5) is 15.3. The maximum atomic E-state index is 13.0. The minimum atomic E-state index is -4.48. The molecule has 0 aromatic carbocycles. The topological polar surface area (TPSA) is 63.2 Å². The van der Waals surface area contributed by atoms with Crippen LogP contribution in [-0.4, -0.2) is 42.2 Å². The second kappa shape index (κ2) is 6.03. The van der Waals surface area contributed by atoms with Crippen LogP contribution in [-0.2, 0) is 4.79 Å². The fourth-order valence-corrected chi connectivity index (χ4v) is 1.83. The quantitative estimate of drug-likeness (QED) is 0.831. The molecule has 1 fully saturated rings. The summed E-state index contributed by atoms with van der Waals surface area (Å²) in [5, 5.41) is 4.73. The maximum absolute atomic E-state index is 13.0. The summed E-state index contributed by atoms with van der Waals surface area (Å²) in [6.07, 6.45) is -4.01. The van der Waals surface area contributed by atoms with Gasteiger partial charge in [0.15, 0.2) is 6.61 Å². The first-order chi connectivity index (χ1) is 10.1. The van der Waals surface area contributed by atoms with Crippen LogP contribution in [0.4, 0.5) is 27.6 Å². The van der Waals surface area contributed by atoms with Crippen LogP contribution < -0.4 is 15.4 Å². The molecule has 1 aliphatic heterocycles. The molecule has 0 radical (unpaired) electrons. The Labute approximate surface area is 121 Å². The van der Waals surface area contributed by atoms with Gasteiger partial charge in [-0.25, -0.2) is 13.8 Å². The van der Waals surface area contributed by atoms with E-state index in [1.165, 1.54) is 6.07 Å². The van der Waals surface area contributed by atoms with Gasteiger partial charge in [-0.05, 0) is 6.07 Å². The molecule has 2 N–H and O–H groups in total. The monoisotopic (exact) mass is 325 g/mol. The normalized spacial score (nSPS) is 20.7. The highest BCUT2D eigenvalue weighted by Crippen LogP contribution is 2.26. The van der Waals surface area contributed by atoms with Gasteiger partial charge in [0.25, 0.3) is 5.92 Å². The number of hydrogen-bond acceptors (Lipinski definition) is 4. The molecule has 0 bridgehead atoms. The highest BCUT2D eigenvalue weighted by atomic mass is 19.4. The molecule has 122 valence electrons. The molecule has 1 unspecified atom stereocenters. The van der Waals surface area contributed by atoms with Crippen molar-refractivity contribution in [2.75, 3.05) is 18.5 Å². The van der Waals surface area contributed by atoms with Gasteiger partial charge in [-0.1, -0.05) is 0 Å². The van der Waals surface area contributed by atoms with Crippen LogP contribution >= 0.6 is 0 Å². The summed E-state index contributed by atoms with van der Waals surface area (Å²) in [6, 6.07) is 1.37. The molecule has 2 heterocycles. The number of alkyl halides is 5. The van der Waals surface area contributed by atoms with Crippen molar-refractivity contribution in [3.05, 3.63) is 18.3 Å². The zero-order chi connectivity index (χ0) is 16.4. The zero-order valence-electron chi connectivity index (χ0n) is 11.1. The van der Waals surface area contributed by atoms with E-state index >= 15 is 0 Å². The number of nitrogens with one attached hydrogen (secondary N) is 2. The van der Waals surface area contributed by atoms with Crippen LogP contribution in [0.1, 0.15) is 6.42 Å². The fraction of sp³-hybridized carbons (Fsp3) is 0.500. The third-order valence-corrected chi connectivity index (χ3v) is 2.81. The van der Waals surface area contributed by atoms with Gasteiger partial charge in [-0.2, -0.15) is 13.2 Å². The Kier molecular flexibility index (Phi) is 4.50. The summed E-state index contributed by atoms with van der Waals surface area (Å²) >= 11 is 0. The lowest BCUT2D eigenvalue weighted by Crippen LogP contribution is -2.35. The average Bonchev–Trinajstić information content (AvgIpc) is 2.77. The number of aromatic nitrogens is 1. The number of rotatable bonds is 4. The van der Waals surface area contributed by atoms with Gasteiger partial charge in [0.05, 0.1) is 24.5 Å². The average molecular weight is 325 g/mol. The van der Waals surface area contributed by atoms with Crippen LogP contribution in [0.5, 0.6) is 5.88 Å². The van der Waals surface area contributed by atoms with E-state index in [2.05, 4.69) is 20.4 Å². The Balaban J connectivity index is 1.87. The van der Waals surface area contributed by atoms with E-state index in [0.717, 1.165) is 12.3 Å². The lowest BCUT2D eigenvalue weighted by Gasteiger charge is -2.12. The molecule has 0 aliphatic carbocycles. The Morgan fingerprint density at radius 3 is 2.68 bits per heavy atom. The molecule has 22 heavy (non-hydrogen) atoms. The minimum Gasteiger partial charge on any atom is -0.468 e. The molecule has 0 spiro atoms. The van der Waals surface area contributed by atoms with Crippen LogP contribution in [0.15, 0.2) is 18.3 Å². The van der Waals surface area contributed by atoms with Gasteiger partial charge in [0, 0.05) is 12.5 Å². The molecule has 10 heteroatoms. The van der Waals surface area contributed by atoms with E-state index < -0.39 is 43.6 Å². The van der Waals surface area contributed by atoms with Crippen LogP contribution in [0.25, 0.3) is 0 Å². The van der Waals surface area contributed by atoms with Crippen LogP contribution in [0.3, 0.4) is 0 Å². The minimum absolute atomic E-state index is 0.168. The summed E-state index contributed by atoms with van der Waals surface area (Å²) in [7, 11) is 0. The molecule has 0 saturated carbocycles. The lowest BCUT2D eigenvalue weighted by atomic mass is 10.2. The van der Waals surface area contributed by atoms with Gasteiger partial charge in [-0.15, -0.1) is 0 Å². The number of carbonyl (C=O) groups excluding carboxylic acids is 1. The molecule has 1 aromatic rings. The standard InChI is InChI=1S/C12H12F5N3O2/c13-11(14)3-8(19-5-11)10(21)20-7-1-2-9(18-4-7)22-6-12(15,16)17/h1-2,4,8,19H,3,5-6H2,(H,20,21). The van der Waals surface area contributed by atoms with Crippen molar-refractivity contribution in [3.8, 4) is 5.88 Å². The Morgan fingerprint density at radius 1 is 1.45 bits per heavy atom. The third kappa shape index (κ3) is 4.79. The smallest absolute Gasteiger partial charge is 0.422 e. The maximum Gasteiger partial charge on any atom is 0.422 e. The molecule has 1 atom stereocenters. The Hall–Kier alpha value is -1.97. The zero-order valence-corrected chi connectivity index (χ0v) is 11.1. The van der Waals surface area contributed by atoms with Gasteiger partial charge >= 0.3 is 6.18 Å². The number of nitrogens with zero attached hydrogens (tertiary/aromatic N) is 1. The first kappa shape index (κ1) is 16.4. The van der Waals surface area contributed by atoms with Crippen molar-refractivity contribution in [3.63, 3.8) is 0 Å². The third-order valence-electron chi connectivity index (χ3n) is 2.81. The molecule has 1 amide bonds. The molecule has 5 nitrogen and oxygen atoms in total. The predicted octanol–water partition coefficient (Wildman–Crippen LogP) is 1.96. The van der Waals surface area contributed by atoms with Crippen molar-refractivity contribution in [2.45, 2.75) is 24.6 Å². The highest BCUT2D eigenvalue weighted by molar-refractivity contribution is 5.95. The van der Waals surface area contributed by atoms with E-state index in [4.69, 9.17) is 0 Å². The van der Waals surface area contributed by atoms with E-state index in [-0.39, 0.29) is 11.6 Å². The number of carbonyl (C=O) groups is 1. The van der Waals surface area contributed by atoms with E-state index in [9.17, 15) is 26.7 Å². The SMILES string of the molecule is O=C(Nc1ccc(OCC(F)(F)F)nc1)C1CC(F)(F)CN1. The molecular weight excluding hydrogens is 313 g/mol. The second-order valence-electron chi connectivity index (χ2n) is 4.77. The van der Waals surface area contributed by atoms with E-state index in [1.807, 2.05) is 0 Å². The molecule has 1 saturated heterocycles. The van der Waals surface area contributed by atoms with Crippen LogP contribution in [0.2, 0.25) is 0 Å². The summed E-state index contributed by atoms with van der Waals surface area (Å²) < 4.78 is 66.2. The number of pyridine rings is 1. The Morgan fingerprint density at radius 2 is 2.18 bits per heavy atom. The summed E-state index contributed by atoms with van der Waals surface area (Å²) in [5.41, 5.74) is 0.168. The highest BCUT2D eigenvalue weighted by Gasteiger charge is 2.42. The number of amides is 1. The number of halogens is 5. The van der Waals surface area contributed by atoms with Gasteiger partial charge in [0.1, 0.15) is 0 Å². The first-order valence-electron chi connectivity index (χ1n) is 6.22. The van der Waals surface area contributed by atoms with Crippen molar-refractivity contribution in [1.29, 1.82) is 0 Å². The fourth-order valence-electron chi connectivity index (χ4n) is 1.83. The van der Waals surface area contributed by atoms with Crippen molar-refractivity contribution < 1.29 is 31.5 Å². The predicted molar refractivity (Wildman–Crippen MR) is 65.8 cm³/mol. The van der Waals surface area contributed by atoms with Crippen molar-refractivity contribution >= 4 is 11.6 Å². The molecular formula is C12H12F5N3O2. The molecule has 2 rings (SSSR count). The lowest BCUT2D eigenvalue weighted by molar-refractivity contribution is -0.154. The Bertz CT molecular complexity index is 533. The summed E-state index contributed by atoms with van der Waals surface area (Å²) in [6.45, 7) is -2.06. The second-order valence-corrected chi connectivity index (χ2v) is 4.77. The van der Waals surface area contributed by atoms with E-state index in [0.29, 0.717) is 0 Å². The van der Waals surface area contributed by atoms with E-state index in [1.54, 1.807) is 0 Å².